The number of hydrogen-bond donors (Lipinski definition) is 1. The Morgan fingerprint density at radius 1 is 1.57 bits per heavy atom. The predicted molar refractivity (Wildman–Crippen MR) is 32.7 cm³/mol. The molecule has 0 heterocycles. The van der Waals surface area contributed by atoms with Gasteiger partial charge in [-0.2, -0.15) is 0 Å². The molecule has 0 aromatic heterocycles. The first-order valence-corrected chi connectivity index (χ1v) is 4.47. The Morgan fingerprint density at radius 2 is 2.29 bits per heavy atom. The summed E-state index contributed by atoms with van der Waals surface area (Å²) in [6.45, 7) is 2.58. The molecule has 0 aliphatic heterocycles. The summed E-state index contributed by atoms with van der Waals surface area (Å²) >= 11 is 0.656. The van der Waals surface area contributed by atoms with E-state index < -0.39 is 0 Å². The average Bonchev–Trinajstić information content (AvgIpc) is 1.69. The topological polar surface area (TPSA) is 20.2 Å². The van der Waals surface area contributed by atoms with E-state index in [1.54, 1.807) is 0 Å². The number of hydrogen-bond acceptors (Lipinski definition) is 1. The molecule has 1 nitrogen and oxygen atoms in total. The van der Waals surface area contributed by atoms with Crippen LogP contribution in [-0.4, -0.2) is 26.9 Å². The molecular formula is C5H12AlO+. The van der Waals surface area contributed by atoms with Crippen LogP contribution < -0.4 is 0 Å². The average molecular weight is 115 g/mol. The standard InChI is InChI=1S/C3H7O.C2H5.Al/c1-2-3-4;1-2;/h4H,1-3H2;1H2,2H3;/q;;+1. The van der Waals surface area contributed by atoms with Gasteiger partial charge in [0.15, 0.2) is 0 Å². The Kier molecular flexibility index (Phi) is 6.95. The molecule has 1 N–H and O–H groups in total. The second-order valence-corrected chi connectivity index (χ2v) is 3.53. The van der Waals surface area contributed by atoms with Crippen LogP contribution in [0.4, 0.5) is 0 Å². The van der Waals surface area contributed by atoms with E-state index in [-0.39, 0.29) is 0 Å². The van der Waals surface area contributed by atoms with Gasteiger partial charge >= 0.3 is 50.8 Å². The monoisotopic (exact) mass is 115 g/mol. The molecule has 0 aliphatic carbocycles. The number of rotatable bonds is 4. The van der Waals surface area contributed by atoms with E-state index in [0.29, 0.717) is 21.8 Å². The van der Waals surface area contributed by atoms with E-state index in [0.717, 1.165) is 6.42 Å². The van der Waals surface area contributed by atoms with Gasteiger partial charge in [0.2, 0.25) is 0 Å². The zero-order valence-corrected chi connectivity index (χ0v) is 6.01. The van der Waals surface area contributed by atoms with Crippen molar-refractivity contribution >= 4 is 15.2 Å². The summed E-state index contributed by atoms with van der Waals surface area (Å²) in [5.74, 6) is 0. The van der Waals surface area contributed by atoms with Gasteiger partial charge in [0, 0.05) is 0 Å². The van der Waals surface area contributed by atoms with Crippen LogP contribution in [0, 0.1) is 0 Å². The van der Waals surface area contributed by atoms with Gasteiger partial charge in [0.25, 0.3) is 0 Å². The molecule has 0 rings (SSSR count). The number of aliphatic hydroxyl groups excluding tert-OH is 1. The van der Waals surface area contributed by atoms with E-state index in [1.165, 1.54) is 10.6 Å². The Morgan fingerprint density at radius 3 is 2.71 bits per heavy atom. The molecule has 0 fully saturated rings. The molecule has 0 amide bonds. The molecule has 0 bridgehead atoms. The van der Waals surface area contributed by atoms with E-state index >= 15 is 0 Å². The fraction of sp³-hybridized carbons (Fsp3) is 1.00. The molecule has 0 saturated carbocycles. The van der Waals surface area contributed by atoms with Crippen LogP contribution >= 0.6 is 0 Å². The van der Waals surface area contributed by atoms with Crippen LogP contribution in [0.1, 0.15) is 13.3 Å². The van der Waals surface area contributed by atoms with Crippen molar-refractivity contribution in [3.05, 3.63) is 0 Å². The number of aliphatic hydroxyl groups is 1. The van der Waals surface area contributed by atoms with Gasteiger partial charge in [0.1, 0.15) is 0 Å². The molecule has 0 radical (unpaired) electrons. The third kappa shape index (κ3) is 6.49. The maximum atomic E-state index is 8.31. The molecule has 40 valence electrons. The molecule has 2 heteroatoms. The molecule has 0 unspecified atom stereocenters. The van der Waals surface area contributed by atoms with Crippen molar-refractivity contribution < 1.29 is 5.11 Å². The molecule has 0 saturated heterocycles. The summed E-state index contributed by atoms with van der Waals surface area (Å²) in [5.41, 5.74) is 0. The fourth-order valence-electron chi connectivity index (χ4n) is 0.440. The third-order valence-corrected chi connectivity index (χ3v) is 2.25. The van der Waals surface area contributed by atoms with Gasteiger partial charge in [0.05, 0.1) is 0 Å². The van der Waals surface area contributed by atoms with Gasteiger partial charge in [-0.25, -0.2) is 0 Å². The van der Waals surface area contributed by atoms with Gasteiger partial charge in [-0.05, 0) is 0 Å². The van der Waals surface area contributed by atoms with Gasteiger partial charge in [-0.15, -0.1) is 0 Å². The summed E-state index contributed by atoms with van der Waals surface area (Å²) in [4.78, 5) is 0. The summed E-state index contributed by atoms with van der Waals surface area (Å²) in [7, 11) is 0. The Hall–Kier alpha value is 0.492. The van der Waals surface area contributed by atoms with Crippen LogP contribution in [0.15, 0.2) is 0 Å². The molecule has 0 aromatic carbocycles. The molecule has 0 aliphatic rings. The Labute approximate surface area is 51.4 Å². The van der Waals surface area contributed by atoms with Crippen LogP contribution in [0.3, 0.4) is 0 Å². The molecular weight excluding hydrogens is 103 g/mol. The second kappa shape index (κ2) is 6.49. The van der Waals surface area contributed by atoms with Gasteiger partial charge in [-0.3, -0.25) is 0 Å². The van der Waals surface area contributed by atoms with Crippen LogP contribution in [0.5, 0.6) is 0 Å². The minimum atomic E-state index is 0.382. The zero-order chi connectivity index (χ0) is 5.54. The van der Waals surface area contributed by atoms with Crippen molar-refractivity contribution in [2.45, 2.75) is 23.9 Å². The molecule has 0 atom stereocenters. The van der Waals surface area contributed by atoms with Crippen LogP contribution in [-0.2, 0) is 0 Å². The molecule has 0 aromatic rings. The summed E-state index contributed by atoms with van der Waals surface area (Å²) in [6.07, 6.45) is 1.02. The molecule has 0 spiro atoms. The molecule has 7 heavy (non-hydrogen) atoms. The van der Waals surface area contributed by atoms with E-state index in [2.05, 4.69) is 6.92 Å². The van der Waals surface area contributed by atoms with E-state index in [4.69, 9.17) is 5.11 Å². The van der Waals surface area contributed by atoms with Crippen molar-refractivity contribution in [3.63, 3.8) is 0 Å². The van der Waals surface area contributed by atoms with Crippen molar-refractivity contribution in [3.8, 4) is 0 Å². The second-order valence-electron chi connectivity index (χ2n) is 1.56. The van der Waals surface area contributed by atoms with E-state index in [1.807, 2.05) is 0 Å². The van der Waals surface area contributed by atoms with Gasteiger partial charge < -0.3 is 0 Å². The third-order valence-electron chi connectivity index (χ3n) is 0.855. The summed E-state index contributed by atoms with van der Waals surface area (Å²) < 4.78 is 0. The van der Waals surface area contributed by atoms with Gasteiger partial charge in [-0.1, -0.05) is 0 Å². The van der Waals surface area contributed by atoms with E-state index in [9.17, 15) is 0 Å². The Balaban J connectivity index is 2.45. The fourth-order valence-corrected chi connectivity index (χ4v) is 1.32. The maximum absolute atomic E-state index is 8.31. The quantitative estimate of drug-likeness (QED) is 0.427. The van der Waals surface area contributed by atoms with Crippen molar-refractivity contribution in [2.24, 2.45) is 0 Å². The first-order valence-electron chi connectivity index (χ1n) is 2.84. The first-order chi connectivity index (χ1) is 3.41. The summed E-state index contributed by atoms with van der Waals surface area (Å²) in [6, 6.07) is 0. The first kappa shape index (κ1) is 7.49. The van der Waals surface area contributed by atoms with Crippen LogP contribution in [0.25, 0.3) is 0 Å². The van der Waals surface area contributed by atoms with Crippen LogP contribution in [0.2, 0.25) is 10.6 Å². The van der Waals surface area contributed by atoms with Crippen molar-refractivity contribution in [1.82, 2.24) is 0 Å². The SMILES string of the molecule is C[CH2][Al+][CH2]CCO. The Bertz CT molecular complexity index is 27.3. The summed E-state index contributed by atoms with van der Waals surface area (Å²) in [5, 5.41) is 10.9. The minimum absolute atomic E-state index is 0.382. The zero-order valence-electron chi connectivity index (χ0n) is 4.85. The van der Waals surface area contributed by atoms with Crippen molar-refractivity contribution in [1.29, 1.82) is 0 Å². The normalized spacial score (nSPS) is 8.29. The van der Waals surface area contributed by atoms with Crippen molar-refractivity contribution in [2.75, 3.05) is 6.61 Å². The predicted octanol–water partition coefficient (Wildman–Crippen LogP) is 0.929.